The van der Waals surface area contributed by atoms with Crippen LogP contribution in [0.3, 0.4) is 0 Å². The predicted molar refractivity (Wildman–Crippen MR) is 66.3 cm³/mol. The lowest BCUT2D eigenvalue weighted by Gasteiger charge is -2.16. The molecule has 0 amide bonds. The van der Waals surface area contributed by atoms with E-state index in [4.69, 9.17) is 10.3 Å². The van der Waals surface area contributed by atoms with Gasteiger partial charge in [0.15, 0.2) is 0 Å². The van der Waals surface area contributed by atoms with E-state index in [2.05, 4.69) is 10.4 Å². The van der Waals surface area contributed by atoms with E-state index in [1.165, 1.54) is 0 Å². The van der Waals surface area contributed by atoms with Gasteiger partial charge in [0.2, 0.25) is 0 Å². The molecule has 2 aromatic heterocycles. The molecular weight excluding hydrogens is 214 g/mol. The summed E-state index contributed by atoms with van der Waals surface area (Å²) in [5.41, 5.74) is 6.09. The summed E-state index contributed by atoms with van der Waals surface area (Å²) in [4.78, 5) is 4.12. The number of nitrogens with two attached hydrogens (primary N) is 1. The van der Waals surface area contributed by atoms with Gasteiger partial charge in [0.25, 0.3) is 0 Å². The highest BCUT2D eigenvalue weighted by atomic mass is 16.3. The lowest BCUT2D eigenvalue weighted by Crippen LogP contribution is -2.29. The molecule has 1 unspecified atom stereocenters. The summed E-state index contributed by atoms with van der Waals surface area (Å²) in [7, 11) is 0. The smallest absolute Gasteiger partial charge is 0.106 e. The van der Waals surface area contributed by atoms with Gasteiger partial charge in [-0.2, -0.15) is 0 Å². The summed E-state index contributed by atoms with van der Waals surface area (Å²) >= 11 is 0. The van der Waals surface area contributed by atoms with Gasteiger partial charge in [-0.05, 0) is 38.0 Å². The van der Waals surface area contributed by atoms with Crippen LogP contribution < -0.4 is 11.3 Å². The molecule has 0 fully saturated rings. The molecule has 3 N–H and O–H groups in total. The molecule has 2 rings (SSSR count). The standard InChI is InChI=1S/C13H17N3O/c1-8-9(2)17-10(3)12(8)13(16-14)11-5-4-6-15-7-11/h4-7,13,16H,14H2,1-3H3. The number of furan rings is 1. The third kappa shape index (κ3) is 2.09. The lowest BCUT2D eigenvalue weighted by molar-refractivity contribution is 0.494. The van der Waals surface area contributed by atoms with Gasteiger partial charge in [-0.3, -0.25) is 10.8 Å². The summed E-state index contributed by atoms with van der Waals surface area (Å²) in [6.45, 7) is 5.96. The topological polar surface area (TPSA) is 64.1 Å². The number of pyridine rings is 1. The van der Waals surface area contributed by atoms with Crippen molar-refractivity contribution in [1.82, 2.24) is 10.4 Å². The van der Waals surface area contributed by atoms with E-state index < -0.39 is 0 Å². The van der Waals surface area contributed by atoms with Crippen LogP contribution in [0.5, 0.6) is 0 Å². The SMILES string of the molecule is Cc1oc(C)c(C(NN)c2cccnc2)c1C. The highest BCUT2D eigenvalue weighted by molar-refractivity contribution is 5.39. The molecule has 0 saturated carbocycles. The van der Waals surface area contributed by atoms with Gasteiger partial charge in [-0.1, -0.05) is 6.07 Å². The predicted octanol–water partition coefficient (Wildman–Crippen LogP) is 2.15. The Morgan fingerprint density at radius 1 is 1.29 bits per heavy atom. The van der Waals surface area contributed by atoms with Crippen molar-refractivity contribution in [3.8, 4) is 0 Å². The van der Waals surface area contributed by atoms with Crippen molar-refractivity contribution in [3.05, 3.63) is 52.7 Å². The number of nitrogens with zero attached hydrogens (tertiary/aromatic N) is 1. The van der Waals surface area contributed by atoms with Crippen molar-refractivity contribution in [2.45, 2.75) is 26.8 Å². The molecule has 0 aliphatic rings. The molecule has 4 nitrogen and oxygen atoms in total. The van der Waals surface area contributed by atoms with Gasteiger partial charge in [-0.25, -0.2) is 5.43 Å². The fraction of sp³-hybridized carbons (Fsp3) is 0.308. The van der Waals surface area contributed by atoms with Crippen molar-refractivity contribution in [2.24, 2.45) is 5.84 Å². The molecular formula is C13H17N3O. The van der Waals surface area contributed by atoms with Gasteiger partial charge in [0.05, 0.1) is 6.04 Å². The lowest BCUT2D eigenvalue weighted by atomic mass is 9.97. The Morgan fingerprint density at radius 2 is 2.06 bits per heavy atom. The van der Waals surface area contributed by atoms with Crippen LogP contribution in [0.15, 0.2) is 28.9 Å². The van der Waals surface area contributed by atoms with Crippen molar-refractivity contribution < 1.29 is 4.42 Å². The Hall–Kier alpha value is -1.65. The molecule has 17 heavy (non-hydrogen) atoms. The Bertz CT molecular complexity index is 505. The molecule has 0 aromatic carbocycles. The van der Waals surface area contributed by atoms with E-state index in [0.717, 1.165) is 28.2 Å². The number of hydrogen-bond donors (Lipinski definition) is 2. The zero-order valence-corrected chi connectivity index (χ0v) is 10.3. The Morgan fingerprint density at radius 3 is 2.53 bits per heavy atom. The second kappa shape index (κ2) is 4.69. The van der Waals surface area contributed by atoms with Crippen LogP contribution in [0.1, 0.15) is 34.3 Å². The van der Waals surface area contributed by atoms with Crippen LogP contribution in [0, 0.1) is 20.8 Å². The summed E-state index contributed by atoms with van der Waals surface area (Å²) in [5.74, 6) is 7.49. The van der Waals surface area contributed by atoms with Gasteiger partial charge >= 0.3 is 0 Å². The number of aryl methyl sites for hydroxylation is 2. The minimum Gasteiger partial charge on any atom is -0.466 e. The number of aromatic nitrogens is 1. The average molecular weight is 231 g/mol. The van der Waals surface area contributed by atoms with Gasteiger partial charge < -0.3 is 4.42 Å². The fourth-order valence-electron chi connectivity index (χ4n) is 2.13. The van der Waals surface area contributed by atoms with Crippen LogP contribution in [0.2, 0.25) is 0 Å². The van der Waals surface area contributed by atoms with Crippen LogP contribution in [-0.4, -0.2) is 4.98 Å². The van der Waals surface area contributed by atoms with E-state index in [1.54, 1.807) is 6.20 Å². The first kappa shape index (κ1) is 11.8. The molecule has 4 heteroatoms. The summed E-state index contributed by atoms with van der Waals surface area (Å²) in [6.07, 6.45) is 3.56. The van der Waals surface area contributed by atoms with E-state index in [1.807, 2.05) is 39.1 Å². The molecule has 1 atom stereocenters. The summed E-state index contributed by atoms with van der Waals surface area (Å²) in [6, 6.07) is 3.82. The third-order valence-corrected chi connectivity index (χ3v) is 3.09. The maximum absolute atomic E-state index is 5.66. The minimum absolute atomic E-state index is 0.0823. The fourth-order valence-corrected chi connectivity index (χ4v) is 2.13. The maximum Gasteiger partial charge on any atom is 0.106 e. The second-order valence-electron chi connectivity index (χ2n) is 4.14. The second-order valence-corrected chi connectivity index (χ2v) is 4.14. The molecule has 0 radical (unpaired) electrons. The zero-order chi connectivity index (χ0) is 12.4. The van der Waals surface area contributed by atoms with Crippen LogP contribution >= 0.6 is 0 Å². The molecule has 0 bridgehead atoms. The average Bonchev–Trinajstić information content (AvgIpc) is 2.58. The Kier molecular flexibility index (Phi) is 3.26. The third-order valence-electron chi connectivity index (χ3n) is 3.09. The summed E-state index contributed by atoms with van der Waals surface area (Å²) in [5, 5.41) is 0. The number of rotatable bonds is 3. The number of nitrogens with one attached hydrogen (secondary N) is 1. The molecule has 0 aliphatic heterocycles. The Labute approximate surface area is 101 Å². The van der Waals surface area contributed by atoms with E-state index in [-0.39, 0.29) is 6.04 Å². The molecule has 2 aromatic rings. The highest BCUT2D eigenvalue weighted by Crippen LogP contribution is 2.30. The van der Waals surface area contributed by atoms with E-state index >= 15 is 0 Å². The highest BCUT2D eigenvalue weighted by Gasteiger charge is 2.21. The maximum atomic E-state index is 5.66. The van der Waals surface area contributed by atoms with Crippen LogP contribution in [-0.2, 0) is 0 Å². The quantitative estimate of drug-likeness (QED) is 0.627. The normalized spacial score (nSPS) is 12.7. The molecule has 0 saturated heterocycles. The molecule has 0 aliphatic carbocycles. The van der Waals surface area contributed by atoms with Crippen molar-refractivity contribution in [1.29, 1.82) is 0 Å². The first-order chi connectivity index (χ1) is 8.15. The summed E-state index contributed by atoms with van der Waals surface area (Å²) < 4.78 is 5.63. The van der Waals surface area contributed by atoms with Crippen molar-refractivity contribution in [3.63, 3.8) is 0 Å². The molecule has 2 heterocycles. The first-order valence-corrected chi connectivity index (χ1v) is 5.57. The van der Waals surface area contributed by atoms with Gasteiger partial charge in [0.1, 0.15) is 11.5 Å². The Balaban J connectivity index is 2.50. The first-order valence-electron chi connectivity index (χ1n) is 5.57. The molecule has 90 valence electrons. The minimum atomic E-state index is -0.0823. The van der Waals surface area contributed by atoms with Crippen LogP contribution in [0.25, 0.3) is 0 Å². The van der Waals surface area contributed by atoms with E-state index in [0.29, 0.717) is 0 Å². The van der Waals surface area contributed by atoms with Crippen LogP contribution in [0.4, 0.5) is 0 Å². The van der Waals surface area contributed by atoms with Crippen molar-refractivity contribution >= 4 is 0 Å². The molecule has 0 spiro atoms. The largest absolute Gasteiger partial charge is 0.466 e. The zero-order valence-electron chi connectivity index (χ0n) is 10.3. The number of hydrogen-bond acceptors (Lipinski definition) is 4. The van der Waals surface area contributed by atoms with E-state index in [9.17, 15) is 0 Å². The van der Waals surface area contributed by atoms with Gasteiger partial charge in [0, 0.05) is 18.0 Å². The van der Waals surface area contributed by atoms with Gasteiger partial charge in [-0.15, -0.1) is 0 Å². The van der Waals surface area contributed by atoms with Crippen molar-refractivity contribution in [2.75, 3.05) is 0 Å². The monoisotopic (exact) mass is 231 g/mol. The number of hydrazine groups is 1.